The SMILES string of the molecule is CSc1nc(C)c(CCC(=O)N(C2CC2)C(C)c2ccc(Cl)cc2)c(C)n1. The Hall–Kier alpha value is -1.59. The van der Waals surface area contributed by atoms with Crippen molar-refractivity contribution in [1.29, 1.82) is 0 Å². The standard InChI is InChI=1S/C21H26ClN3OS/c1-13-19(14(2)24-21(23-13)27-4)11-12-20(26)25(18-9-10-18)15(3)16-5-7-17(22)8-6-16/h5-8,15,18H,9-12H2,1-4H3. The van der Waals surface area contributed by atoms with Crippen molar-refractivity contribution < 1.29 is 4.79 Å². The molecular weight excluding hydrogens is 378 g/mol. The van der Waals surface area contributed by atoms with Gasteiger partial charge in [-0.1, -0.05) is 35.5 Å². The van der Waals surface area contributed by atoms with Crippen molar-refractivity contribution in [2.75, 3.05) is 6.26 Å². The number of halogens is 1. The number of hydrogen-bond donors (Lipinski definition) is 0. The average Bonchev–Trinajstić information content (AvgIpc) is 3.46. The normalized spacial score (nSPS) is 14.9. The lowest BCUT2D eigenvalue weighted by molar-refractivity contribution is -0.134. The van der Waals surface area contributed by atoms with Crippen molar-refractivity contribution in [2.45, 2.75) is 63.7 Å². The van der Waals surface area contributed by atoms with Gasteiger partial charge in [-0.25, -0.2) is 9.97 Å². The summed E-state index contributed by atoms with van der Waals surface area (Å²) in [7, 11) is 0. The van der Waals surface area contributed by atoms with Crippen LogP contribution >= 0.6 is 23.4 Å². The Bertz CT molecular complexity index is 798. The summed E-state index contributed by atoms with van der Waals surface area (Å²) in [5.74, 6) is 0.202. The van der Waals surface area contributed by atoms with Gasteiger partial charge in [-0.15, -0.1) is 0 Å². The van der Waals surface area contributed by atoms with Crippen molar-refractivity contribution in [1.82, 2.24) is 14.9 Å². The van der Waals surface area contributed by atoms with E-state index in [0.29, 0.717) is 18.9 Å². The summed E-state index contributed by atoms with van der Waals surface area (Å²) in [6, 6.07) is 8.22. The van der Waals surface area contributed by atoms with Crippen LogP contribution in [0.5, 0.6) is 0 Å². The molecule has 1 aliphatic carbocycles. The summed E-state index contributed by atoms with van der Waals surface area (Å²) >= 11 is 7.55. The van der Waals surface area contributed by atoms with Gasteiger partial charge in [0.05, 0.1) is 6.04 Å². The fraction of sp³-hybridized carbons (Fsp3) is 0.476. The lowest BCUT2D eigenvalue weighted by atomic mass is 10.0. The Morgan fingerprint density at radius 1 is 1.22 bits per heavy atom. The van der Waals surface area contributed by atoms with Crippen molar-refractivity contribution >= 4 is 29.3 Å². The zero-order chi connectivity index (χ0) is 19.6. The number of aryl methyl sites for hydroxylation is 2. The smallest absolute Gasteiger partial charge is 0.223 e. The number of hydrogen-bond acceptors (Lipinski definition) is 4. The summed E-state index contributed by atoms with van der Waals surface area (Å²) in [6.45, 7) is 6.11. The molecule has 4 nitrogen and oxygen atoms in total. The first-order chi connectivity index (χ1) is 12.9. The summed E-state index contributed by atoms with van der Waals surface area (Å²) in [6.07, 6.45) is 5.32. The van der Waals surface area contributed by atoms with Crippen LogP contribution in [0.3, 0.4) is 0 Å². The fourth-order valence-corrected chi connectivity index (χ4v) is 4.10. The molecule has 1 heterocycles. The molecule has 6 heteroatoms. The predicted octanol–water partition coefficient (Wildman–Crippen LogP) is 5.15. The molecule has 0 N–H and O–H groups in total. The maximum atomic E-state index is 13.1. The minimum Gasteiger partial charge on any atom is -0.333 e. The molecule has 0 spiro atoms. The van der Waals surface area contributed by atoms with Crippen LogP contribution in [0.1, 0.15) is 54.7 Å². The molecule has 1 fully saturated rings. The summed E-state index contributed by atoms with van der Waals surface area (Å²) in [5, 5.41) is 1.51. The van der Waals surface area contributed by atoms with E-state index < -0.39 is 0 Å². The zero-order valence-corrected chi connectivity index (χ0v) is 17.9. The molecule has 1 aromatic heterocycles. The third-order valence-corrected chi connectivity index (χ3v) is 5.97. The van der Waals surface area contributed by atoms with E-state index in [9.17, 15) is 4.79 Å². The van der Waals surface area contributed by atoms with Crippen LogP contribution in [0.15, 0.2) is 29.4 Å². The monoisotopic (exact) mass is 403 g/mol. The molecule has 144 valence electrons. The molecule has 0 aliphatic heterocycles. The number of aromatic nitrogens is 2. The first-order valence-electron chi connectivity index (χ1n) is 9.35. The Labute approximate surface area is 170 Å². The lowest BCUT2D eigenvalue weighted by Crippen LogP contribution is -2.35. The van der Waals surface area contributed by atoms with Crippen molar-refractivity contribution in [3.63, 3.8) is 0 Å². The molecule has 1 atom stereocenters. The number of thioether (sulfide) groups is 1. The van der Waals surface area contributed by atoms with Gasteiger partial charge in [0.2, 0.25) is 5.91 Å². The third-order valence-electron chi connectivity index (χ3n) is 5.17. The quantitative estimate of drug-likeness (QED) is 0.473. The van der Waals surface area contributed by atoms with Crippen LogP contribution in [0.4, 0.5) is 0 Å². The van der Waals surface area contributed by atoms with Crippen molar-refractivity contribution in [2.24, 2.45) is 0 Å². The van der Waals surface area contributed by atoms with Crippen LogP contribution in [0.2, 0.25) is 5.02 Å². The van der Waals surface area contributed by atoms with Gasteiger partial charge >= 0.3 is 0 Å². The number of amides is 1. The predicted molar refractivity (Wildman–Crippen MR) is 111 cm³/mol. The van der Waals surface area contributed by atoms with Crippen LogP contribution < -0.4 is 0 Å². The molecule has 1 saturated carbocycles. The Balaban J connectivity index is 1.72. The molecule has 1 aliphatic rings. The van der Waals surface area contributed by atoms with Gasteiger partial charge in [0.15, 0.2) is 5.16 Å². The molecule has 27 heavy (non-hydrogen) atoms. The van der Waals surface area contributed by atoms with Gasteiger partial charge in [-0.05, 0) is 69.5 Å². The van der Waals surface area contributed by atoms with E-state index in [1.807, 2.05) is 44.4 Å². The first kappa shape index (κ1) is 20.2. The second kappa shape index (κ2) is 8.61. The Morgan fingerprint density at radius 2 is 1.81 bits per heavy atom. The number of nitrogens with zero attached hydrogens (tertiary/aromatic N) is 3. The molecule has 0 saturated heterocycles. The number of benzene rings is 1. The molecule has 0 radical (unpaired) electrons. The van der Waals surface area contributed by atoms with Crippen molar-refractivity contribution in [3.8, 4) is 0 Å². The van der Waals surface area contributed by atoms with Crippen LogP contribution in [-0.4, -0.2) is 33.1 Å². The Morgan fingerprint density at radius 3 is 2.33 bits per heavy atom. The second-order valence-electron chi connectivity index (χ2n) is 7.12. The third kappa shape index (κ3) is 4.82. The number of rotatable bonds is 7. The highest BCUT2D eigenvalue weighted by atomic mass is 35.5. The second-order valence-corrected chi connectivity index (χ2v) is 8.33. The molecule has 1 aromatic carbocycles. The lowest BCUT2D eigenvalue weighted by Gasteiger charge is -2.30. The highest BCUT2D eigenvalue weighted by molar-refractivity contribution is 7.98. The zero-order valence-electron chi connectivity index (χ0n) is 16.3. The van der Waals surface area contributed by atoms with Gasteiger partial charge < -0.3 is 4.90 Å². The van der Waals surface area contributed by atoms with E-state index in [0.717, 1.165) is 45.5 Å². The van der Waals surface area contributed by atoms with Crippen LogP contribution in [0.25, 0.3) is 0 Å². The molecule has 0 bridgehead atoms. The van der Waals surface area contributed by atoms with E-state index in [1.165, 1.54) is 0 Å². The number of carbonyl (C=O) groups excluding carboxylic acids is 1. The Kier molecular flexibility index (Phi) is 6.43. The highest BCUT2D eigenvalue weighted by Gasteiger charge is 2.36. The fourth-order valence-electron chi connectivity index (χ4n) is 3.51. The molecule has 2 aromatic rings. The van der Waals surface area contributed by atoms with Gasteiger partial charge in [0, 0.05) is 28.9 Å². The summed E-state index contributed by atoms with van der Waals surface area (Å²) in [4.78, 5) is 24.2. The maximum Gasteiger partial charge on any atom is 0.223 e. The van der Waals surface area contributed by atoms with Gasteiger partial charge in [-0.3, -0.25) is 4.79 Å². The van der Waals surface area contributed by atoms with Gasteiger partial charge in [-0.2, -0.15) is 0 Å². The molecular formula is C21H26ClN3OS. The van der Waals surface area contributed by atoms with Crippen LogP contribution in [0, 0.1) is 13.8 Å². The number of carbonyl (C=O) groups is 1. The van der Waals surface area contributed by atoms with E-state index in [4.69, 9.17) is 11.6 Å². The average molecular weight is 404 g/mol. The van der Waals surface area contributed by atoms with Gasteiger partial charge in [0.1, 0.15) is 0 Å². The highest BCUT2D eigenvalue weighted by Crippen LogP contribution is 2.35. The topological polar surface area (TPSA) is 46.1 Å². The minimum atomic E-state index is 0.0552. The van der Waals surface area contributed by atoms with Gasteiger partial charge in [0.25, 0.3) is 0 Å². The van der Waals surface area contributed by atoms with Crippen molar-refractivity contribution in [3.05, 3.63) is 51.8 Å². The largest absolute Gasteiger partial charge is 0.333 e. The van der Waals surface area contributed by atoms with E-state index >= 15 is 0 Å². The molecule has 1 unspecified atom stereocenters. The summed E-state index contributed by atoms with van der Waals surface area (Å²) in [5.41, 5.74) is 4.17. The summed E-state index contributed by atoms with van der Waals surface area (Å²) < 4.78 is 0. The van der Waals surface area contributed by atoms with E-state index in [2.05, 4.69) is 21.8 Å². The van der Waals surface area contributed by atoms with E-state index in [-0.39, 0.29) is 11.9 Å². The van der Waals surface area contributed by atoms with E-state index in [1.54, 1.807) is 11.8 Å². The van der Waals surface area contributed by atoms with Crippen LogP contribution in [-0.2, 0) is 11.2 Å². The molecule has 1 amide bonds. The maximum absolute atomic E-state index is 13.1. The minimum absolute atomic E-state index is 0.0552. The first-order valence-corrected chi connectivity index (χ1v) is 11.0. The molecule has 3 rings (SSSR count).